The van der Waals surface area contributed by atoms with Gasteiger partial charge in [0.1, 0.15) is 4.90 Å². The second-order valence-corrected chi connectivity index (χ2v) is 5.49. The highest BCUT2D eigenvalue weighted by Crippen LogP contribution is 2.11. The number of pyridine rings is 1. The van der Waals surface area contributed by atoms with E-state index < -0.39 is 10.0 Å². The molecule has 7 nitrogen and oxygen atoms in total. The van der Waals surface area contributed by atoms with Gasteiger partial charge in [0.05, 0.1) is 5.69 Å². The summed E-state index contributed by atoms with van der Waals surface area (Å²) in [5.74, 6) is -0.199. The molecule has 106 valence electrons. The molecule has 19 heavy (non-hydrogen) atoms. The summed E-state index contributed by atoms with van der Waals surface area (Å²) in [5, 5.41) is 2.59. The largest absolute Gasteiger partial charge is 0.356 e. The van der Waals surface area contributed by atoms with Gasteiger partial charge >= 0.3 is 0 Å². The molecule has 0 aromatic carbocycles. The van der Waals surface area contributed by atoms with Gasteiger partial charge in [-0.05, 0) is 19.1 Å². The molecule has 0 radical (unpaired) electrons. The summed E-state index contributed by atoms with van der Waals surface area (Å²) in [4.78, 5) is 15.2. The fraction of sp³-hybridized carbons (Fsp3) is 0.455. The van der Waals surface area contributed by atoms with E-state index in [4.69, 9.17) is 5.73 Å². The maximum Gasteiger partial charge on any atom is 0.242 e. The second-order valence-electron chi connectivity index (χ2n) is 3.75. The Morgan fingerprint density at radius 2 is 2.21 bits per heavy atom. The van der Waals surface area contributed by atoms with E-state index in [1.165, 1.54) is 18.3 Å². The molecule has 0 aliphatic rings. The molecule has 0 aliphatic carbocycles. The Morgan fingerprint density at radius 3 is 2.84 bits per heavy atom. The fourth-order valence-corrected chi connectivity index (χ4v) is 2.71. The number of rotatable bonds is 7. The number of nitrogens with one attached hydrogen (secondary N) is 2. The average Bonchev–Trinajstić information content (AvgIpc) is 2.38. The summed E-state index contributed by atoms with van der Waals surface area (Å²) in [6, 6.07) is 2.96. The number of hydrogen-bond acceptors (Lipinski definition) is 5. The molecular formula is C11H18N4O3S. The molecule has 0 unspecified atom stereocenters. The quantitative estimate of drug-likeness (QED) is 0.616. The lowest BCUT2D eigenvalue weighted by Gasteiger charge is -2.09. The Balaban J connectivity index is 2.68. The lowest BCUT2D eigenvalue weighted by Crippen LogP contribution is -2.31. The first-order chi connectivity index (χ1) is 9.01. The highest BCUT2D eigenvalue weighted by molar-refractivity contribution is 7.89. The maximum atomic E-state index is 12.0. The minimum atomic E-state index is -3.69. The average molecular weight is 286 g/mol. The summed E-state index contributed by atoms with van der Waals surface area (Å²) in [6.07, 6.45) is 1.57. The first-order valence-corrected chi connectivity index (χ1v) is 7.40. The third-order valence-electron chi connectivity index (χ3n) is 2.35. The van der Waals surface area contributed by atoms with Crippen molar-refractivity contribution in [3.8, 4) is 0 Å². The van der Waals surface area contributed by atoms with Crippen molar-refractivity contribution in [2.24, 2.45) is 5.73 Å². The van der Waals surface area contributed by atoms with Crippen molar-refractivity contribution in [2.75, 3.05) is 13.1 Å². The van der Waals surface area contributed by atoms with Crippen molar-refractivity contribution in [2.45, 2.75) is 24.8 Å². The molecule has 0 bridgehead atoms. The van der Waals surface area contributed by atoms with Crippen LogP contribution in [0.5, 0.6) is 0 Å². The van der Waals surface area contributed by atoms with E-state index in [-0.39, 0.29) is 30.3 Å². The first kappa shape index (κ1) is 15.5. The van der Waals surface area contributed by atoms with Gasteiger partial charge < -0.3 is 11.1 Å². The molecule has 0 saturated carbocycles. The number of hydrogen-bond donors (Lipinski definition) is 3. The number of amides is 1. The van der Waals surface area contributed by atoms with Crippen molar-refractivity contribution >= 4 is 15.9 Å². The number of nitrogens with two attached hydrogens (primary N) is 1. The first-order valence-electron chi connectivity index (χ1n) is 5.91. The van der Waals surface area contributed by atoms with Gasteiger partial charge in [-0.15, -0.1) is 0 Å². The summed E-state index contributed by atoms with van der Waals surface area (Å²) in [6.45, 7) is 2.39. The topological polar surface area (TPSA) is 114 Å². The predicted molar refractivity (Wildman–Crippen MR) is 70.6 cm³/mol. The van der Waals surface area contributed by atoms with Crippen LogP contribution in [0.25, 0.3) is 0 Å². The third kappa shape index (κ3) is 4.58. The van der Waals surface area contributed by atoms with Crippen LogP contribution in [0.3, 0.4) is 0 Å². The highest BCUT2D eigenvalue weighted by Gasteiger charge is 2.18. The van der Waals surface area contributed by atoms with E-state index in [0.29, 0.717) is 12.2 Å². The molecule has 0 atom stereocenters. The van der Waals surface area contributed by atoms with Crippen molar-refractivity contribution < 1.29 is 13.2 Å². The van der Waals surface area contributed by atoms with E-state index >= 15 is 0 Å². The Labute approximate surface area is 112 Å². The van der Waals surface area contributed by atoms with Gasteiger partial charge in [0.2, 0.25) is 15.9 Å². The van der Waals surface area contributed by atoms with Gasteiger partial charge in [0.25, 0.3) is 0 Å². The Hall–Kier alpha value is -1.51. The molecule has 1 aromatic heterocycles. The minimum absolute atomic E-state index is 0.0348. The van der Waals surface area contributed by atoms with Crippen molar-refractivity contribution in [1.82, 2.24) is 15.0 Å². The summed E-state index contributed by atoms with van der Waals surface area (Å²) in [5.41, 5.74) is 5.74. The summed E-state index contributed by atoms with van der Waals surface area (Å²) < 4.78 is 26.4. The number of sulfonamides is 1. The number of carbonyl (C=O) groups excluding carboxylic acids is 1. The number of aromatic nitrogens is 1. The van der Waals surface area contributed by atoms with E-state index in [9.17, 15) is 13.2 Å². The van der Waals surface area contributed by atoms with Crippen LogP contribution < -0.4 is 15.8 Å². The molecule has 4 N–H and O–H groups in total. The van der Waals surface area contributed by atoms with Crippen molar-refractivity contribution in [3.63, 3.8) is 0 Å². The SMILES string of the molecule is CCNC(=O)CCNS(=O)(=O)c1cccnc1CN. The standard InChI is InChI=1S/C11H18N4O3S/c1-2-13-11(16)5-7-15-19(17,18)10-4-3-6-14-9(10)8-12/h3-4,6,15H,2,5,7-8,12H2,1H3,(H,13,16). The van der Waals surface area contributed by atoms with E-state index in [2.05, 4.69) is 15.0 Å². The Bertz CT molecular complexity index is 530. The Morgan fingerprint density at radius 1 is 1.47 bits per heavy atom. The van der Waals surface area contributed by atoms with Gasteiger partial charge in [-0.2, -0.15) is 0 Å². The van der Waals surface area contributed by atoms with Crippen molar-refractivity contribution in [1.29, 1.82) is 0 Å². The zero-order valence-corrected chi connectivity index (χ0v) is 11.5. The van der Waals surface area contributed by atoms with Crippen LogP contribution in [0, 0.1) is 0 Å². The zero-order valence-electron chi connectivity index (χ0n) is 10.7. The smallest absolute Gasteiger partial charge is 0.242 e. The van der Waals surface area contributed by atoms with Gasteiger partial charge in [-0.3, -0.25) is 9.78 Å². The van der Waals surface area contributed by atoms with E-state index in [1.807, 2.05) is 0 Å². The van der Waals surface area contributed by atoms with E-state index in [1.54, 1.807) is 6.92 Å². The zero-order chi connectivity index (χ0) is 14.3. The molecule has 1 rings (SSSR count). The molecular weight excluding hydrogens is 268 g/mol. The van der Waals surface area contributed by atoms with E-state index in [0.717, 1.165) is 0 Å². The molecule has 1 heterocycles. The van der Waals surface area contributed by atoms with Crippen LogP contribution in [-0.2, 0) is 21.4 Å². The molecule has 0 fully saturated rings. The van der Waals surface area contributed by atoms with Crippen LogP contribution in [0.2, 0.25) is 0 Å². The van der Waals surface area contributed by atoms with Gasteiger partial charge in [0, 0.05) is 32.3 Å². The molecule has 1 amide bonds. The maximum absolute atomic E-state index is 12.0. The molecule has 0 saturated heterocycles. The van der Waals surface area contributed by atoms with Gasteiger partial charge in [-0.25, -0.2) is 13.1 Å². The lowest BCUT2D eigenvalue weighted by molar-refractivity contribution is -0.120. The fourth-order valence-electron chi connectivity index (χ4n) is 1.48. The normalized spacial score (nSPS) is 11.3. The van der Waals surface area contributed by atoms with Crippen molar-refractivity contribution in [3.05, 3.63) is 24.0 Å². The molecule has 1 aromatic rings. The van der Waals surface area contributed by atoms with Gasteiger partial charge in [0.15, 0.2) is 0 Å². The predicted octanol–water partition coefficient (Wildman–Crippen LogP) is -0.655. The lowest BCUT2D eigenvalue weighted by atomic mass is 10.3. The monoisotopic (exact) mass is 286 g/mol. The van der Waals surface area contributed by atoms with Crippen LogP contribution in [-0.4, -0.2) is 32.4 Å². The summed E-state index contributed by atoms with van der Waals surface area (Å²) in [7, 11) is -3.69. The molecule has 0 spiro atoms. The Kier molecular flexibility index (Phi) is 5.87. The van der Waals surface area contributed by atoms with Crippen LogP contribution in [0.4, 0.5) is 0 Å². The number of carbonyl (C=O) groups is 1. The third-order valence-corrected chi connectivity index (χ3v) is 3.88. The highest BCUT2D eigenvalue weighted by atomic mass is 32.2. The van der Waals surface area contributed by atoms with Crippen LogP contribution in [0.1, 0.15) is 19.0 Å². The second kappa shape index (κ2) is 7.17. The minimum Gasteiger partial charge on any atom is -0.356 e. The molecule has 8 heteroatoms. The molecule has 0 aliphatic heterocycles. The van der Waals surface area contributed by atoms with Crippen LogP contribution >= 0.6 is 0 Å². The number of nitrogens with zero attached hydrogens (tertiary/aromatic N) is 1. The van der Waals surface area contributed by atoms with Crippen LogP contribution in [0.15, 0.2) is 23.2 Å². The van der Waals surface area contributed by atoms with Gasteiger partial charge in [-0.1, -0.05) is 0 Å². The summed E-state index contributed by atoms with van der Waals surface area (Å²) >= 11 is 0.